The first-order valence-corrected chi connectivity index (χ1v) is 11.3. The second kappa shape index (κ2) is 24.7. The van der Waals surface area contributed by atoms with Crippen LogP contribution in [0.25, 0.3) is 0 Å². The Morgan fingerprint density at radius 1 is 0.743 bits per heavy atom. The number of aliphatic hydroxyl groups excluding tert-OH is 1. The average Bonchev–Trinajstić information content (AvgIpc) is 3.35. The fourth-order valence-corrected chi connectivity index (χ4v) is 2.24. The highest BCUT2D eigenvalue weighted by Crippen LogP contribution is 2.03. The summed E-state index contributed by atoms with van der Waals surface area (Å²) in [6, 6.07) is -2.83. The monoisotopic (exact) mass is 512 g/mol. The minimum absolute atomic E-state index is 0.269. The number of nitrogens with two attached hydrogens (primary N) is 5. The Hall–Kier alpha value is -2.40. The molecule has 0 aromatic carbocycles. The van der Waals surface area contributed by atoms with Crippen molar-refractivity contribution in [2.75, 3.05) is 26.2 Å². The first-order chi connectivity index (χ1) is 16.3. The van der Waals surface area contributed by atoms with Gasteiger partial charge in [0.1, 0.15) is 24.2 Å². The lowest BCUT2D eigenvalue weighted by molar-refractivity contribution is -0.140. The molecule has 0 amide bonds. The summed E-state index contributed by atoms with van der Waals surface area (Å²) in [4.78, 5) is 40.1. The van der Waals surface area contributed by atoms with Crippen LogP contribution in [0.4, 0.5) is 0 Å². The lowest BCUT2D eigenvalue weighted by atomic mass is 10.1. The molecule has 1 saturated heterocycles. The van der Waals surface area contributed by atoms with Crippen LogP contribution in [-0.2, 0) is 19.2 Å². The van der Waals surface area contributed by atoms with Crippen LogP contribution in [0.1, 0.15) is 51.4 Å². The van der Waals surface area contributed by atoms with Crippen molar-refractivity contribution in [2.24, 2.45) is 28.7 Å². The molecule has 0 aromatic heterocycles. The number of aliphatic hydroxyl groups is 1. The normalized spacial score (nSPS) is 16.6. The van der Waals surface area contributed by atoms with Crippen LogP contribution in [0.15, 0.2) is 0 Å². The van der Waals surface area contributed by atoms with Crippen molar-refractivity contribution in [3.8, 4) is 0 Å². The number of carbonyl (C=O) groups is 4. The highest BCUT2D eigenvalue weighted by molar-refractivity contribution is 5.74. The van der Waals surface area contributed by atoms with Crippen molar-refractivity contribution in [3.63, 3.8) is 0 Å². The molecule has 15 nitrogen and oxygen atoms in total. The third-order valence-electron chi connectivity index (χ3n) is 4.45. The van der Waals surface area contributed by atoms with Gasteiger partial charge in [0.2, 0.25) is 0 Å². The summed E-state index contributed by atoms with van der Waals surface area (Å²) in [6.07, 6.45) is 6.11. The Labute approximate surface area is 205 Å². The molecule has 1 heterocycles. The first-order valence-electron chi connectivity index (χ1n) is 11.3. The van der Waals surface area contributed by atoms with Gasteiger partial charge >= 0.3 is 23.9 Å². The van der Waals surface area contributed by atoms with E-state index in [0.29, 0.717) is 25.9 Å². The van der Waals surface area contributed by atoms with E-state index in [1.165, 1.54) is 0 Å². The van der Waals surface area contributed by atoms with Crippen molar-refractivity contribution >= 4 is 23.9 Å². The molecule has 0 spiro atoms. The van der Waals surface area contributed by atoms with Gasteiger partial charge in [0.25, 0.3) is 0 Å². The van der Waals surface area contributed by atoms with E-state index in [0.717, 1.165) is 45.1 Å². The van der Waals surface area contributed by atoms with Crippen LogP contribution >= 0.6 is 0 Å². The molecule has 0 unspecified atom stereocenters. The maximum atomic E-state index is 10.1. The van der Waals surface area contributed by atoms with Gasteiger partial charge in [0, 0.05) is 0 Å². The van der Waals surface area contributed by atoms with Crippen molar-refractivity contribution < 1.29 is 44.7 Å². The second-order valence-electron chi connectivity index (χ2n) is 7.57. The van der Waals surface area contributed by atoms with E-state index in [2.05, 4.69) is 5.32 Å². The maximum absolute atomic E-state index is 10.1. The van der Waals surface area contributed by atoms with Crippen molar-refractivity contribution in [3.05, 3.63) is 0 Å². The summed E-state index contributed by atoms with van der Waals surface area (Å²) in [7, 11) is 0. The number of unbranched alkanes of at least 4 members (excludes halogenated alkanes) is 2. The number of carboxylic acid groups (broad SMARTS) is 4. The Morgan fingerprint density at radius 2 is 1.14 bits per heavy atom. The number of hydrogen-bond donors (Lipinski definition) is 11. The van der Waals surface area contributed by atoms with Crippen LogP contribution in [0.5, 0.6) is 0 Å². The molecule has 208 valence electrons. The van der Waals surface area contributed by atoms with Crippen LogP contribution in [-0.4, -0.2) is 99.8 Å². The minimum atomic E-state index is -1.18. The molecule has 1 rings (SSSR count). The number of aliphatic carboxylic acids is 4. The van der Waals surface area contributed by atoms with E-state index in [4.69, 9.17) is 54.2 Å². The summed E-state index contributed by atoms with van der Waals surface area (Å²) < 4.78 is 0. The average molecular weight is 513 g/mol. The summed E-state index contributed by atoms with van der Waals surface area (Å²) in [6.45, 7) is 1.56. The summed E-state index contributed by atoms with van der Waals surface area (Å²) in [5.41, 5.74) is 25.6. The zero-order valence-corrected chi connectivity index (χ0v) is 20.1. The van der Waals surface area contributed by atoms with Crippen LogP contribution in [0, 0.1) is 0 Å². The largest absolute Gasteiger partial charge is 0.480 e. The van der Waals surface area contributed by atoms with E-state index in [1.54, 1.807) is 0 Å². The van der Waals surface area contributed by atoms with Gasteiger partial charge in [-0.25, -0.2) is 0 Å². The van der Waals surface area contributed by atoms with E-state index in [9.17, 15) is 19.2 Å². The van der Waals surface area contributed by atoms with Gasteiger partial charge in [0.05, 0.1) is 6.61 Å². The standard InChI is InChI=1S/2C6H14N2O2.C5H9NO2.C3H7NO3/c2*7-4-2-1-3-5(8)6(9)10;7-5(8)4-2-1-3-6-4;4-2(1-5)3(6)7/h2*5H,1-4,7-8H2,(H,9,10);4,6H,1-3H2,(H,7,8);2,5H,1,4H2,(H,6,7)/t2*5-;4-;2-/m0000/s1. The van der Waals surface area contributed by atoms with Gasteiger partial charge < -0.3 is 59.5 Å². The smallest absolute Gasteiger partial charge is 0.322 e. The number of rotatable bonds is 13. The number of nitrogens with one attached hydrogen (secondary N) is 1. The quantitative estimate of drug-likeness (QED) is 0.111. The van der Waals surface area contributed by atoms with Gasteiger partial charge in [-0.2, -0.15) is 0 Å². The number of carboxylic acids is 4. The van der Waals surface area contributed by atoms with Crippen molar-refractivity contribution in [2.45, 2.75) is 75.5 Å². The predicted molar refractivity (Wildman–Crippen MR) is 128 cm³/mol. The predicted octanol–water partition coefficient (Wildman–Crippen LogP) is -2.73. The zero-order chi connectivity index (χ0) is 27.8. The van der Waals surface area contributed by atoms with Crippen molar-refractivity contribution in [1.29, 1.82) is 0 Å². The van der Waals surface area contributed by atoms with Gasteiger partial charge in [-0.3, -0.25) is 19.2 Å². The first kappa shape index (κ1) is 37.2. The molecule has 4 atom stereocenters. The number of hydrogen-bond acceptors (Lipinski definition) is 11. The maximum Gasteiger partial charge on any atom is 0.322 e. The van der Waals surface area contributed by atoms with Crippen LogP contribution in [0.2, 0.25) is 0 Å². The van der Waals surface area contributed by atoms with Crippen LogP contribution < -0.4 is 34.0 Å². The lowest BCUT2D eigenvalue weighted by Crippen LogP contribution is -2.33. The molecule has 0 bridgehead atoms. The molecule has 0 aliphatic carbocycles. The SMILES string of the molecule is NCCCC[C@H](N)C(=O)O.NCCCC[C@H](N)C(=O)O.N[C@@H](CO)C(=O)O.O=C(O)[C@@H]1CCCN1. The van der Waals surface area contributed by atoms with Gasteiger partial charge in [-0.1, -0.05) is 12.8 Å². The second-order valence-corrected chi connectivity index (χ2v) is 7.57. The Kier molecular flexibility index (Phi) is 26.2. The fraction of sp³-hybridized carbons (Fsp3) is 0.800. The molecule has 1 aliphatic rings. The van der Waals surface area contributed by atoms with E-state index in [1.807, 2.05) is 0 Å². The molecule has 0 aromatic rings. The molecule has 0 radical (unpaired) electrons. The zero-order valence-electron chi connectivity index (χ0n) is 20.1. The van der Waals surface area contributed by atoms with Crippen LogP contribution in [0.3, 0.4) is 0 Å². The molecule has 15 heteroatoms. The molecular formula is C20H44N6O9. The third-order valence-corrected chi connectivity index (χ3v) is 4.45. The Balaban J connectivity index is -0.000000394. The Bertz CT molecular complexity index is 551. The van der Waals surface area contributed by atoms with E-state index in [-0.39, 0.29) is 6.04 Å². The van der Waals surface area contributed by atoms with E-state index >= 15 is 0 Å². The van der Waals surface area contributed by atoms with Gasteiger partial charge in [0.15, 0.2) is 0 Å². The third kappa shape index (κ3) is 26.1. The fourth-order valence-electron chi connectivity index (χ4n) is 2.24. The molecule has 1 aliphatic heterocycles. The minimum Gasteiger partial charge on any atom is -0.480 e. The molecule has 0 saturated carbocycles. The van der Waals surface area contributed by atoms with Gasteiger partial charge in [-0.05, 0) is 58.2 Å². The molecular weight excluding hydrogens is 468 g/mol. The van der Waals surface area contributed by atoms with E-state index < -0.39 is 48.6 Å². The molecule has 35 heavy (non-hydrogen) atoms. The Morgan fingerprint density at radius 3 is 1.31 bits per heavy atom. The summed E-state index contributed by atoms with van der Waals surface area (Å²) in [5.74, 6) is -3.76. The van der Waals surface area contributed by atoms with Crippen molar-refractivity contribution in [1.82, 2.24) is 5.32 Å². The highest BCUT2D eigenvalue weighted by Gasteiger charge is 2.20. The molecule has 1 fully saturated rings. The topological polar surface area (TPSA) is 312 Å². The lowest BCUT2D eigenvalue weighted by Gasteiger charge is -2.03. The molecule has 16 N–H and O–H groups in total. The van der Waals surface area contributed by atoms with Gasteiger partial charge in [-0.15, -0.1) is 0 Å². The summed E-state index contributed by atoms with van der Waals surface area (Å²) >= 11 is 0. The summed E-state index contributed by atoms with van der Waals surface area (Å²) in [5, 5.41) is 43.8. The highest BCUT2D eigenvalue weighted by atomic mass is 16.4.